The van der Waals surface area contributed by atoms with Gasteiger partial charge in [0.2, 0.25) is 11.8 Å². The number of aryl methyl sites for hydroxylation is 2. The van der Waals surface area contributed by atoms with E-state index < -0.39 is 34.3 Å². The van der Waals surface area contributed by atoms with Crippen molar-refractivity contribution < 1.29 is 22.4 Å². The van der Waals surface area contributed by atoms with Crippen LogP contribution in [0.25, 0.3) is 0 Å². The highest BCUT2D eigenvalue weighted by atomic mass is 32.2. The molecule has 1 aliphatic carbocycles. The zero-order chi connectivity index (χ0) is 29.7. The van der Waals surface area contributed by atoms with Crippen LogP contribution in [0.1, 0.15) is 54.9 Å². The summed E-state index contributed by atoms with van der Waals surface area (Å²) >= 11 is 0. The van der Waals surface area contributed by atoms with E-state index in [0.29, 0.717) is 11.3 Å². The van der Waals surface area contributed by atoms with Gasteiger partial charge in [-0.2, -0.15) is 0 Å². The molecule has 218 valence electrons. The molecule has 1 fully saturated rings. The van der Waals surface area contributed by atoms with Crippen LogP contribution in [0.3, 0.4) is 0 Å². The van der Waals surface area contributed by atoms with Crippen LogP contribution >= 0.6 is 0 Å². The first kappa shape index (κ1) is 30.2. The molecule has 1 atom stereocenters. The van der Waals surface area contributed by atoms with Crippen LogP contribution in [-0.2, 0) is 26.2 Å². The molecule has 3 aromatic rings. The van der Waals surface area contributed by atoms with Crippen molar-refractivity contribution in [1.82, 2.24) is 10.2 Å². The first-order valence-electron chi connectivity index (χ1n) is 14.0. The van der Waals surface area contributed by atoms with E-state index in [1.165, 1.54) is 23.1 Å². The van der Waals surface area contributed by atoms with E-state index >= 15 is 0 Å². The predicted octanol–water partition coefficient (Wildman–Crippen LogP) is 5.42. The number of nitrogens with zero attached hydrogens (tertiary/aromatic N) is 2. The third-order valence-electron chi connectivity index (χ3n) is 7.90. The van der Waals surface area contributed by atoms with Crippen molar-refractivity contribution in [2.75, 3.05) is 10.8 Å². The number of amides is 2. The quantitative estimate of drug-likeness (QED) is 0.348. The fourth-order valence-corrected chi connectivity index (χ4v) is 6.61. The number of nitrogens with one attached hydrogen (secondary N) is 1. The number of anilines is 1. The van der Waals surface area contributed by atoms with Crippen LogP contribution in [0.4, 0.5) is 10.1 Å². The summed E-state index contributed by atoms with van der Waals surface area (Å²) in [5, 5.41) is 3.02. The molecular formula is C32H38FN3O4S. The maximum Gasteiger partial charge on any atom is 0.264 e. The molecule has 7 nitrogen and oxygen atoms in total. The molecule has 3 aromatic carbocycles. The van der Waals surface area contributed by atoms with E-state index in [2.05, 4.69) is 5.32 Å². The summed E-state index contributed by atoms with van der Waals surface area (Å²) in [5.41, 5.74) is 3.08. The Kier molecular flexibility index (Phi) is 9.48. The van der Waals surface area contributed by atoms with Gasteiger partial charge >= 0.3 is 0 Å². The standard InChI is InChI=1S/C32H38FN3O4S/c1-22-16-18-28(19-17-22)41(39,40)36(30-15-9-10-23(2)24(30)3)21-31(37)35(20-26-11-5-8-14-29(26)33)25(4)32(38)34-27-12-6-7-13-27/h5,8-11,14-19,25,27H,6-7,12-13,20-21H2,1-4H3,(H,34,38)/t25-/m0/s1. The molecular weight excluding hydrogens is 541 g/mol. The molecule has 0 unspecified atom stereocenters. The van der Waals surface area contributed by atoms with Gasteiger partial charge in [-0.25, -0.2) is 12.8 Å². The third-order valence-corrected chi connectivity index (χ3v) is 9.67. The van der Waals surface area contributed by atoms with Crippen LogP contribution in [0.15, 0.2) is 71.6 Å². The highest BCUT2D eigenvalue weighted by Crippen LogP contribution is 2.29. The maximum atomic E-state index is 14.7. The second-order valence-corrected chi connectivity index (χ2v) is 12.7. The summed E-state index contributed by atoms with van der Waals surface area (Å²) in [6.07, 6.45) is 3.79. The number of sulfonamides is 1. The molecule has 0 radical (unpaired) electrons. The van der Waals surface area contributed by atoms with Gasteiger partial charge < -0.3 is 10.2 Å². The summed E-state index contributed by atoms with van der Waals surface area (Å²) in [6, 6.07) is 16.9. The van der Waals surface area contributed by atoms with Gasteiger partial charge in [0.05, 0.1) is 10.6 Å². The van der Waals surface area contributed by atoms with Gasteiger partial charge in [-0.15, -0.1) is 0 Å². The van der Waals surface area contributed by atoms with Crippen LogP contribution in [-0.4, -0.2) is 43.8 Å². The van der Waals surface area contributed by atoms with Gasteiger partial charge in [0, 0.05) is 18.2 Å². The summed E-state index contributed by atoms with van der Waals surface area (Å²) in [7, 11) is -4.17. The number of carbonyl (C=O) groups excluding carboxylic acids is 2. The Bertz CT molecular complexity index is 1500. The zero-order valence-electron chi connectivity index (χ0n) is 24.1. The van der Waals surface area contributed by atoms with Gasteiger partial charge in [0.1, 0.15) is 18.4 Å². The molecule has 4 rings (SSSR count). The van der Waals surface area contributed by atoms with E-state index in [0.717, 1.165) is 41.1 Å². The van der Waals surface area contributed by atoms with Gasteiger partial charge in [0.15, 0.2) is 0 Å². The molecule has 0 saturated heterocycles. The molecule has 0 heterocycles. The predicted molar refractivity (Wildman–Crippen MR) is 158 cm³/mol. The monoisotopic (exact) mass is 579 g/mol. The molecule has 1 saturated carbocycles. The maximum absolute atomic E-state index is 14.7. The molecule has 0 aromatic heterocycles. The Morgan fingerprint density at radius 1 is 0.951 bits per heavy atom. The van der Waals surface area contributed by atoms with Crippen molar-refractivity contribution in [3.8, 4) is 0 Å². The van der Waals surface area contributed by atoms with Gasteiger partial charge in [0.25, 0.3) is 10.0 Å². The SMILES string of the molecule is Cc1ccc(S(=O)(=O)N(CC(=O)N(Cc2ccccc2F)[C@@H](C)C(=O)NC2CCCC2)c2cccc(C)c2C)cc1. The van der Waals surface area contributed by atoms with Crippen molar-refractivity contribution in [3.63, 3.8) is 0 Å². The molecule has 9 heteroatoms. The van der Waals surface area contributed by atoms with E-state index in [9.17, 15) is 22.4 Å². The summed E-state index contributed by atoms with van der Waals surface area (Å²) in [5.74, 6) is -1.47. The second kappa shape index (κ2) is 12.9. The highest BCUT2D eigenvalue weighted by Gasteiger charge is 2.34. The van der Waals surface area contributed by atoms with Crippen molar-refractivity contribution in [2.45, 2.75) is 76.9 Å². The first-order chi connectivity index (χ1) is 19.5. The average molecular weight is 580 g/mol. The number of halogens is 1. The van der Waals surface area contributed by atoms with Gasteiger partial charge in [-0.1, -0.05) is 60.9 Å². The Balaban J connectivity index is 1.73. The number of rotatable bonds is 10. The van der Waals surface area contributed by atoms with Crippen LogP contribution < -0.4 is 9.62 Å². The first-order valence-corrected chi connectivity index (χ1v) is 15.4. The van der Waals surface area contributed by atoms with Crippen molar-refractivity contribution in [2.24, 2.45) is 0 Å². The fraction of sp³-hybridized carbons (Fsp3) is 0.375. The van der Waals surface area contributed by atoms with Crippen molar-refractivity contribution in [1.29, 1.82) is 0 Å². The van der Waals surface area contributed by atoms with E-state index in [1.807, 2.05) is 26.8 Å². The van der Waals surface area contributed by atoms with Gasteiger partial charge in [-0.05, 0) is 75.9 Å². The minimum Gasteiger partial charge on any atom is -0.352 e. The minimum atomic E-state index is -4.17. The number of carbonyl (C=O) groups is 2. The molecule has 2 amide bonds. The van der Waals surface area contributed by atoms with Crippen LogP contribution in [0.2, 0.25) is 0 Å². The normalized spacial score (nSPS) is 14.5. The van der Waals surface area contributed by atoms with Crippen molar-refractivity contribution in [3.05, 3.63) is 94.8 Å². The van der Waals surface area contributed by atoms with Crippen molar-refractivity contribution >= 4 is 27.5 Å². The molecule has 1 aliphatic rings. The largest absolute Gasteiger partial charge is 0.352 e. The van der Waals surface area contributed by atoms with E-state index in [-0.39, 0.29) is 29.0 Å². The third kappa shape index (κ3) is 6.96. The lowest BCUT2D eigenvalue weighted by atomic mass is 10.1. The zero-order valence-corrected chi connectivity index (χ0v) is 24.9. The highest BCUT2D eigenvalue weighted by molar-refractivity contribution is 7.92. The Hall–Kier alpha value is -3.72. The van der Waals surface area contributed by atoms with Crippen LogP contribution in [0.5, 0.6) is 0 Å². The Morgan fingerprint density at radius 3 is 2.27 bits per heavy atom. The smallest absolute Gasteiger partial charge is 0.264 e. The number of hydrogen-bond acceptors (Lipinski definition) is 4. The van der Waals surface area contributed by atoms with E-state index in [4.69, 9.17) is 0 Å². The second-order valence-electron chi connectivity index (χ2n) is 10.8. The minimum absolute atomic E-state index is 0.0312. The summed E-state index contributed by atoms with van der Waals surface area (Å²) < 4.78 is 43.9. The Morgan fingerprint density at radius 2 is 1.61 bits per heavy atom. The van der Waals surface area contributed by atoms with Gasteiger partial charge in [-0.3, -0.25) is 13.9 Å². The fourth-order valence-electron chi connectivity index (χ4n) is 5.14. The number of hydrogen-bond donors (Lipinski definition) is 1. The number of benzene rings is 3. The Labute approximate surface area is 242 Å². The molecule has 1 N–H and O–H groups in total. The average Bonchev–Trinajstić information content (AvgIpc) is 3.45. The molecule has 41 heavy (non-hydrogen) atoms. The molecule has 0 aliphatic heterocycles. The summed E-state index contributed by atoms with van der Waals surface area (Å²) in [6.45, 7) is 6.39. The lowest BCUT2D eigenvalue weighted by Gasteiger charge is -2.33. The van der Waals surface area contributed by atoms with E-state index in [1.54, 1.807) is 49.4 Å². The van der Waals surface area contributed by atoms with Crippen LogP contribution in [0, 0.1) is 26.6 Å². The summed E-state index contributed by atoms with van der Waals surface area (Å²) in [4.78, 5) is 28.7. The molecule has 0 bridgehead atoms. The lowest BCUT2D eigenvalue weighted by molar-refractivity contribution is -0.139. The lowest BCUT2D eigenvalue weighted by Crippen LogP contribution is -2.52. The molecule has 0 spiro atoms. The topological polar surface area (TPSA) is 86.8 Å².